The van der Waals surface area contributed by atoms with Crippen molar-refractivity contribution in [2.45, 2.75) is 32.9 Å². The van der Waals surface area contributed by atoms with E-state index in [0.717, 1.165) is 15.8 Å². The van der Waals surface area contributed by atoms with Crippen LogP contribution in [0.3, 0.4) is 0 Å². The van der Waals surface area contributed by atoms with Gasteiger partial charge in [-0.3, -0.25) is 9.36 Å². The van der Waals surface area contributed by atoms with E-state index in [1.807, 2.05) is 48.6 Å². The van der Waals surface area contributed by atoms with Gasteiger partial charge < -0.3 is 18.9 Å². The Morgan fingerprint density at radius 1 is 1.17 bits per heavy atom. The van der Waals surface area contributed by atoms with E-state index >= 15 is 0 Å². The number of aromatic nitrogens is 1. The first-order chi connectivity index (χ1) is 20.3. The highest BCUT2D eigenvalue weighted by Crippen LogP contribution is 2.37. The van der Waals surface area contributed by atoms with E-state index in [2.05, 4.69) is 20.9 Å². The molecule has 42 heavy (non-hydrogen) atoms. The first kappa shape index (κ1) is 29.6. The van der Waals surface area contributed by atoms with E-state index in [1.165, 1.54) is 11.3 Å². The third-order valence-electron chi connectivity index (χ3n) is 7.03. The van der Waals surface area contributed by atoms with Crippen molar-refractivity contribution in [2.75, 3.05) is 20.8 Å². The minimum absolute atomic E-state index is 0.0376. The molecule has 0 unspecified atom stereocenters. The van der Waals surface area contributed by atoms with E-state index in [0.29, 0.717) is 50.7 Å². The van der Waals surface area contributed by atoms with Gasteiger partial charge in [-0.15, -0.1) is 0 Å². The summed E-state index contributed by atoms with van der Waals surface area (Å²) in [6, 6.07) is 14.5. The van der Waals surface area contributed by atoms with Crippen LogP contribution in [0.1, 0.15) is 37.4 Å². The fraction of sp³-hybridized carbons (Fsp3) is 0.281. The van der Waals surface area contributed by atoms with Crippen LogP contribution in [0.15, 0.2) is 92.0 Å². The zero-order valence-corrected chi connectivity index (χ0v) is 26.2. The number of nitrogens with zero attached hydrogens (tertiary/aromatic N) is 2. The predicted octanol–water partition coefficient (Wildman–Crippen LogP) is 5.17. The summed E-state index contributed by atoms with van der Waals surface area (Å²) >= 11 is 4.97. The van der Waals surface area contributed by atoms with Gasteiger partial charge >= 0.3 is 5.97 Å². The molecule has 8 nitrogen and oxygen atoms in total. The van der Waals surface area contributed by atoms with Crippen LogP contribution in [0, 0.1) is 5.92 Å². The van der Waals surface area contributed by atoms with Crippen LogP contribution >= 0.6 is 27.3 Å². The van der Waals surface area contributed by atoms with Gasteiger partial charge in [0.15, 0.2) is 4.80 Å². The minimum Gasteiger partial charge on any atom is -0.497 e. The summed E-state index contributed by atoms with van der Waals surface area (Å²) in [5.41, 5.74) is 2.26. The molecule has 0 N–H and O–H groups in total. The number of methoxy groups -OCH3 is 2. The molecule has 2 aromatic carbocycles. The molecule has 0 fully saturated rings. The lowest BCUT2D eigenvalue weighted by molar-refractivity contribution is -0.139. The maximum atomic E-state index is 14.0. The molecule has 10 heteroatoms. The molecule has 5 rings (SSSR count). The molecule has 1 aliphatic carbocycles. The van der Waals surface area contributed by atoms with Gasteiger partial charge in [0.1, 0.15) is 29.9 Å². The molecule has 3 aromatic rings. The van der Waals surface area contributed by atoms with Gasteiger partial charge in [0.05, 0.1) is 36.6 Å². The normalized spacial score (nSPS) is 18.5. The van der Waals surface area contributed by atoms with Crippen LogP contribution in [0.4, 0.5) is 0 Å². The second-order valence-electron chi connectivity index (χ2n) is 9.70. The van der Waals surface area contributed by atoms with E-state index in [4.69, 9.17) is 18.9 Å². The van der Waals surface area contributed by atoms with Crippen molar-refractivity contribution in [1.29, 1.82) is 0 Å². The van der Waals surface area contributed by atoms with Gasteiger partial charge in [-0.2, -0.15) is 0 Å². The minimum atomic E-state index is -0.783. The average Bonchev–Trinajstić information content (AvgIpc) is 3.30. The molecule has 0 spiro atoms. The largest absolute Gasteiger partial charge is 0.497 e. The summed E-state index contributed by atoms with van der Waals surface area (Å²) < 4.78 is 25.5. The summed E-state index contributed by atoms with van der Waals surface area (Å²) in [6.07, 6.45) is 6.55. The summed E-state index contributed by atoms with van der Waals surface area (Å²) in [5, 5.41) is 0. The Balaban J connectivity index is 1.52. The van der Waals surface area contributed by atoms with Crippen molar-refractivity contribution in [1.82, 2.24) is 4.57 Å². The second kappa shape index (κ2) is 13.0. The molecular weight excluding hydrogens is 620 g/mol. The fourth-order valence-corrected chi connectivity index (χ4v) is 6.71. The number of ether oxygens (including phenoxy) is 4. The molecule has 1 aliphatic heterocycles. The highest BCUT2D eigenvalue weighted by atomic mass is 79.9. The van der Waals surface area contributed by atoms with Gasteiger partial charge in [-0.25, -0.2) is 9.79 Å². The average molecular weight is 652 g/mol. The van der Waals surface area contributed by atoms with E-state index in [9.17, 15) is 9.59 Å². The quantitative estimate of drug-likeness (QED) is 0.297. The lowest BCUT2D eigenvalue weighted by Gasteiger charge is -2.26. The van der Waals surface area contributed by atoms with Crippen molar-refractivity contribution in [3.8, 4) is 11.5 Å². The van der Waals surface area contributed by atoms with Gasteiger partial charge in [-0.1, -0.05) is 69.8 Å². The molecule has 2 aliphatic rings. The molecule has 0 saturated heterocycles. The number of carbonyl (C=O) groups excluding carboxylic acids is 1. The number of benzene rings is 2. The van der Waals surface area contributed by atoms with E-state index < -0.39 is 12.0 Å². The van der Waals surface area contributed by atoms with Crippen LogP contribution in [-0.4, -0.2) is 31.4 Å². The van der Waals surface area contributed by atoms with Crippen LogP contribution in [-0.2, 0) is 20.9 Å². The Hall–Kier alpha value is -3.89. The summed E-state index contributed by atoms with van der Waals surface area (Å²) in [7, 11) is 3.11. The summed E-state index contributed by atoms with van der Waals surface area (Å²) in [4.78, 5) is 32.4. The topological polar surface area (TPSA) is 88.4 Å². The molecule has 0 bridgehead atoms. The van der Waals surface area contributed by atoms with Gasteiger partial charge in [0, 0.05) is 22.0 Å². The van der Waals surface area contributed by atoms with Crippen molar-refractivity contribution in [3.63, 3.8) is 0 Å². The highest BCUT2D eigenvalue weighted by Gasteiger charge is 2.35. The predicted molar refractivity (Wildman–Crippen MR) is 165 cm³/mol. The molecule has 2 heterocycles. The zero-order valence-electron chi connectivity index (χ0n) is 23.8. The fourth-order valence-electron chi connectivity index (χ4n) is 4.99. The van der Waals surface area contributed by atoms with E-state index in [1.54, 1.807) is 50.8 Å². The maximum absolute atomic E-state index is 14.0. The SMILES string of the molecule is CCOC(=O)C1=C(C)N=c2s/c(=C\[C@@H]3C=CC(OCc4ccccc4)=C(Br)C3)c(=O)n2[C@H]1c1ccc(OC)cc1OC. The number of hydrogen-bond donors (Lipinski definition) is 0. The lowest BCUT2D eigenvalue weighted by atomic mass is 9.95. The number of fused-ring (bicyclic) bond motifs is 1. The number of carbonyl (C=O) groups is 1. The van der Waals surface area contributed by atoms with E-state index in [-0.39, 0.29) is 18.1 Å². The van der Waals surface area contributed by atoms with Crippen molar-refractivity contribution in [3.05, 3.63) is 113 Å². The third kappa shape index (κ3) is 6.00. The number of esters is 1. The Kier molecular flexibility index (Phi) is 9.13. The van der Waals surface area contributed by atoms with Crippen LogP contribution in [0.5, 0.6) is 11.5 Å². The number of hydrogen-bond acceptors (Lipinski definition) is 8. The molecule has 0 radical (unpaired) electrons. The standard InChI is InChI=1S/C32H31BrN2O6S/c1-5-40-31(37)28-19(2)34-32-35(29(28)23-13-12-22(38-3)17-26(23)39-4)30(36)27(42-32)16-21-11-14-25(24(33)15-21)41-18-20-9-7-6-8-10-20/h6-14,16-17,21,29H,5,15,18H2,1-4H3/b27-16-/t21-,29+/m1/s1. The van der Waals surface area contributed by atoms with Crippen molar-refractivity contribution >= 4 is 39.3 Å². The highest BCUT2D eigenvalue weighted by molar-refractivity contribution is 9.11. The molecule has 0 saturated carbocycles. The Morgan fingerprint density at radius 3 is 2.64 bits per heavy atom. The van der Waals surface area contributed by atoms with Crippen LogP contribution in [0.2, 0.25) is 0 Å². The number of halogens is 1. The Labute approximate surface area is 256 Å². The lowest BCUT2D eigenvalue weighted by Crippen LogP contribution is -2.40. The zero-order chi connectivity index (χ0) is 29.8. The first-order valence-electron chi connectivity index (χ1n) is 13.5. The molecule has 2 atom stereocenters. The monoisotopic (exact) mass is 650 g/mol. The molecule has 1 aromatic heterocycles. The van der Waals surface area contributed by atoms with Gasteiger partial charge in [-0.05, 0) is 44.0 Å². The third-order valence-corrected chi connectivity index (χ3v) is 8.75. The molecular formula is C32H31BrN2O6S. The van der Waals surface area contributed by atoms with Crippen LogP contribution < -0.4 is 24.4 Å². The summed E-state index contributed by atoms with van der Waals surface area (Å²) in [5.74, 6) is 1.29. The van der Waals surface area contributed by atoms with Gasteiger partial charge in [0.25, 0.3) is 5.56 Å². The summed E-state index contributed by atoms with van der Waals surface area (Å²) in [6.45, 7) is 4.17. The maximum Gasteiger partial charge on any atom is 0.338 e. The van der Waals surface area contributed by atoms with Crippen molar-refractivity contribution < 1.29 is 23.7 Å². The van der Waals surface area contributed by atoms with Gasteiger partial charge in [0.2, 0.25) is 0 Å². The molecule has 0 amide bonds. The number of rotatable bonds is 9. The van der Waals surface area contributed by atoms with Crippen LogP contribution in [0.25, 0.3) is 6.08 Å². The number of thiazole rings is 1. The Bertz CT molecular complexity index is 1770. The smallest absolute Gasteiger partial charge is 0.338 e. The Morgan fingerprint density at radius 2 is 1.95 bits per heavy atom. The molecule has 218 valence electrons. The second-order valence-corrected chi connectivity index (χ2v) is 11.7. The van der Waals surface area contributed by atoms with Crippen molar-refractivity contribution in [2.24, 2.45) is 10.9 Å². The number of allylic oxidation sites excluding steroid dienone is 4. The first-order valence-corrected chi connectivity index (χ1v) is 15.1.